The third kappa shape index (κ3) is 4.89. The number of aryl methyl sites for hydroxylation is 1. The molecule has 1 amide bonds. The smallest absolute Gasteiger partial charge is 0.256 e. The zero-order valence-electron chi connectivity index (χ0n) is 18.7. The van der Waals surface area contributed by atoms with Crippen LogP contribution in [0.1, 0.15) is 48.6 Å². The Balaban J connectivity index is 1.67. The van der Waals surface area contributed by atoms with Crippen LogP contribution in [0.15, 0.2) is 66.7 Å². The average Bonchev–Trinajstić information content (AvgIpc) is 3.07. The Bertz CT molecular complexity index is 1160. The van der Waals surface area contributed by atoms with E-state index in [1.807, 2.05) is 48.5 Å². The maximum absolute atomic E-state index is 12.7. The minimum absolute atomic E-state index is 0.0789. The molecule has 0 aliphatic carbocycles. The molecular weight excluding hydrogens is 418 g/mol. The second-order valence-electron chi connectivity index (χ2n) is 9.11. The lowest BCUT2D eigenvalue weighted by Crippen LogP contribution is -2.14. The molecule has 1 N–H and O–H groups in total. The fraction of sp³-hybridized carbons (Fsp3) is 0.250. The molecule has 164 valence electrons. The quantitative estimate of drug-likeness (QED) is 0.333. The Morgan fingerprint density at radius 3 is 2.47 bits per heavy atom. The van der Waals surface area contributed by atoms with Gasteiger partial charge in [0.2, 0.25) is 0 Å². The topological polar surface area (TPSA) is 38.3 Å². The van der Waals surface area contributed by atoms with Gasteiger partial charge in [-0.15, -0.1) is 11.6 Å². The molecule has 3 aromatic carbocycles. The SMILES string of the molecule is CC(C)(C)c1cc(C=C2C(=O)Nc3ccc(CCCl)cc32)ccc1OCc1ccccc1. The molecule has 1 aliphatic rings. The fourth-order valence-electron chi connectivity index (χ4n) is 3.89. The van der Waals surface area contributed by atoms with Gasteiger partial charge in [-0.25, -0.2) is 0 Å². The number of carbonyl (C=O) groups is 1. The van der Waals surface area contributed by atoms with Crippen LogP contribution < -0.4 is 10.1 Å². The van der Waals surface area contributed by atoms with Crippen LogP contribution >= 0.6 is 11.6 Å². The van der Waals surface area contributed by atoms with Crippen molar-refractivity contribution < 1.29 is 9.53 Å². The summed E-state index contributed by atoms with van der Waals surface area (Å²) in [6.45, 7) is 7.03. The van der Waals surface area contributed by atoms with Gasteiger partial charge >= 0.3 is 0 Å². The number of amides is 1. The van der Waals surface area contributed by atoms with Gasteiger partial charge in [0.15, 0.2) is 0 Å². The zero-order chi connectivity index (χ0) is 22.7. The largest absolute Gasteiger partial charge is 0.489 e. The van der Waals surface area contributed by atoms with Crippen LogP contribution in [-0.4, -0.2) is 11.8 Å². The number of carbonyl (C=O) groups excluding carboxylic acids is 1. The maximum atomic E-state index is 12.7. The second kappa shape index (κ2) is 9.22. The van der Waals surface area contributed by atoms with E-state index in [2.05, 4.69) is 50.4 Å². The lowest BCUT2D eigenvalue weighted by molar-refractivity contribution is -0.110. The van der Waals surface area contributed by atoms with E-state index in [9.17, 15) is 4.79 Å². The van der Waals surface area contributed by atoms with E-state index in [1.165, 1.54) is 0 Å². The molecule has 0 spiro atoms. The fourth-order valence-corrected chi connectivity index (χ4v) is 4.11. The molecule has 0 saturated heterocycles. The van der Waals surface area contributed by atoms with Crippen LogP contribution in [0.3, 0.4) is 0 Å². The normalized spacial score (nSPS) is 14.4. The molecule has 3 nitrogen and oxygen atoms in total. The van der Waals surface area contributed by atoms with Crippen LogP contribution in [0.4, 0.5) is 5.69 Å². The van der Waals surface area contributed by atoms with Crippen molar-refractivity contribution in [2.24, 2.45) is 0 Å². The molecule has 1 aliphatic heterocycles. The number of nitrogens with one attached hydrogen (secondary N) is 1. The average molecular weight is 446 g/mol. The summed E-state index contributed by atoms with van der Waals surface area (Å²) in [5, 5.41) is 2.97. The Hall–Kier alpha value is -3.04. The summed E-state index contributed by atoms with van der Waals surface area (Å²) in [6, 6.07) is 22.3. The first kappa shape index (κ1) is 22.2. The first-order valence-electron chi connectivity index (χ1n) is 10.9. The van der Waals surface area contributed by atoms with Crippen molar-refractivity contribution in [1.82, 2.24) is 0 Å². The van der Waals surface area contributed by atoms with Gasteiger partial charge in [-0.1, -0.05) is 63.2 Å². The number of benzene rings is 3. The van der Waals surface area contributed by atoms with E-state index in [4.69, 9.17) is 16.3 Å². The highest BCUT2D eigenvalue weighted by Crippen LogP contribution is 2.37. The molecule has 0 radical (unpaired) electrons. The van der Waals surface area contributed by atoms with Gasteiger partial charge in [-0.05, 0) is 58.9 Å². The van der Waals surface area contributed by atoms with Gasteiger partial charge in [0, 0.05) is 28.3 Å². The highest BCUT2D eigenvalue weighted by Gasteiger charge is 2.25. The predicted molar refractivity (Wildman–Crippen MR) is 133 cm³/mol. The highest BCUT2D eigenvalue weighted by atomic mass is 35.5. The number of hydrogen-bond donors (Lipinski definition) is 1. The maximum Gasteiger partial charge on any atom is 0.256 e. The van der Waals surface area contributed by atoms with Crippen molar-refractivity contribution in [2.45, 2.75) is 39.2 Å². The van der Waals surface area contributed by atoms with Crippen LogP contribution in [-0.2, 0) is 23.2 Å². The zero-order valence-corrected chi connectivity index (χ0v) is 19.5. The first-order chi connectivity index (χ1) is 15.3. The molecule has 1 heterocycles. The van der Waals surface area contributed by atoms with Crippen molar-refractivity contribution in [3.63, 3.8) is 0 Å². The van der Waals surface area contributed by atoms with Gasteiger partial charge < -0.3 is 10.1 Å². The number of rotatable bonds is 6. The number of fused-ring (bicyclic) bond motifs is 1. The van der Waals surface area contributed by atoms with Crippen molar-refractivity contribution in [1.29, 1.82) is 0 Å². The van der Waals surface area contributed by atoms with Gasteiger partial charge in [0.05, 0.1) is 0 Å². The monoisotopic (exact) mass is 445 g/mol. The van der Waals surface area contributed by atoms with Crippen molar-refractivity contribution in [3.8, 4) is 5.75 Å². The summed E-state index contributed by atoms with van der Waals surface area (Å²) in [4.78, 5) is 12.7. The molecule has 4 heteroatoms. The molecular formula is C28H28ClNO2. The molecule has 0 aromatic heterocycles. The molecule has 0 atom stereocenters. The summed E-state index contributed by atoms with van der Waals surface area (Å²) in [7, 11) is 0. The van der Waals surface area contributed by atoms with E-state index in [1.54, 1.807) is 0 Å². The summed E-state index contributed by atoms with van der Waals surface area (Å²) < 4.78 is 6.18. The summed E-state index contributed by atoms with van der Waals surface area (Å²) >= 11 is 5.91. The number of halogens is 1. The van der Waals surface area contributed by atoms with E-state index in [-0.39, 0.29) is 11.3 Å². The molecule has 32 heavy (non-hydrogen) atoms. The van der Waals surface area contributed by atoms with E-state index >= 15 is 0 Å². The number of anilines is 1. The third-order valence-corrected chi connectivity index (χ3v) is 5.80. The van der Waals surface area contributed by atoms with Crippen LogP contribution in [0.25, 0.3) is 11.6 Å². The molecule has 3 aromatic rings. The molecule has 0 saturated carbocycles. The lowest BCUT2D eigenvalue weighted by Gasteiger charge is -2.23. The van der Waals surface area contributed by atoms with Gasteiger partial charge in [-0.3, -0.25) is 4.79 Å². The Morgan fingerprint density at radius 2 is 1.75 bits per heavy atom. The van der Waals surface area contributed by atoms with Gasteiger partial charge in [-0.2, -0.15) is 0 Å². The number of hydrogen-bond acceptors (Lipinski definition) is 2. The number of ether oxygens (including phenoxy) is 1. The Kier molecular flexibility index (Phi) is 6.38. The highest BCUT2D eigenvalue weighted by molar-refractivity contribution is 6.35. The van der Waals surface area contributed by atoms with Gasteiger partial charge in [0.1, 0.15) is 12.4 Å². The van der Waals surface area contributed by atoms with E-state index < -0.39 is 0 Å². The van der Waals surface area contributed by atoms with Crippen LogP contribution in [0.2, 0.25) is 0 Å². The summed E-state index contributed by atoms with van der Waals surface area (Å²) in [6.07, 6.45) is 2.74. The molecule has 0 bridgehead atoms. The standard InChI is InChI=1S/C28H28ClNO2/c1-28(2,3)24-17-21(10-12-26(24)32-18-20-7-5-4-6-8-20)16-23-22-15-19(13-14-29)9-11-25(22)30-27(23)31/h4-12,15-17H,13-14,18H2,1-3H3,(H,30,31). The van der Waals surface area contributed by atoms with Crippen molar-refractivity contribution in [3.05, 3.63) is 94.5 Å². The molecule has 0 fully saturated rings. The minimum Gasteiger partial charge on any atom is -0.489 e. The lowest BCUT2D eigenvalue weighted by atomic mass is 9.85. The van der Waals surface area contributed by atoms with Crippen molar-refractivity contribution in [2.75, 3.05) is 11.2 Å². The Morgan fingerprint density at radius 1 is 0.969 bits per heavy atom. The van der Waals surface area contributed by atoms with E-state index in [0.29, 0.717) is 18.1 Å². The van der Waals surface area contributed by atoms with Crippen LogP contribution in [0, 0.1) is 0 Å². The summed E-state index contributed by atoms with van der Waals surface area (Å²) in [5.41, 5.74) is 6.68. The van der Waals surface area contributed by atoms with Gasteiger partial charge in [0.25, 0.3) is 5.91 Å². The first-order valence-corrected chi connectivity index (χ1v) is 11.4. The van der Waals surface area contributed by atoms with Crippen LogP contribution in [0.5, 0.6) is 5.75 Å². The summed E-state index contributed by atoms with van der Waals surface area (Å²) in [5.74, 6) is 1.34. The third-order valence-electron chi connectivity index (χ3n) is 5.61. The van der Waals surface area contributed by atoms with Crippen molar-refractivity contribution >= 4 is 34.8 Å². The molecule has 0 unspecified atom stereocenters. The minimum atomic E-state index is -0.107. The second-order valence-corrected chi connectivity index (χ2v) is 9.49. The Labute approximate surface area is 195 Å². The number of alkyl halides is 1. The van der Waals surface area contributed by atoms with E-state index in [0.717, 1.165) is 45.7 Å². The molecule has 4 rings (SSSR count). The predicted octanol–water partition coefficient (Wildman–Crippen LogP) is 6.84.